The number of hydrogen-bond donors (Lipinski definition) is 0. The fraction of sp³-hybridized carbons (Fsp3) is 0.642. The number of esters is 3. The van der Waals surface area contributed by atoms with Gasteiger partial charge in [0.25, 0.3) is 0 Å². The van der Waals surface area contributed by atoms with Crippen LogP contribution in [0.15, 0.2) is 97.2 Å². The fourth-order valence-electron chi connectivity index (χ4n) is 6.04. The molecule has 0 amide bonds. The molecule has 6 nitrogen and oxygen atoms in total. The van der Waals surface area contributed by atoms with E-state index in [-0.39, 0.29) is 44.4 Å². The summed E-state index contributed by atoms with van der Waals surface area (Å²) in [6.07, 6.45) is 61.4. The molecular formula is C53H86O6. The van der Waals surface area contributed by atoms with E-state index in [9.17, 15) is 14.4 Å². The van der Waals surface area contributed by atoms with Crippen molar-refractivity contribution in [3.05, 3.63) is 97.2 Å². The second-order valence-corrected chi connectivity index (χ2v) is 15.3. The van der Waals surface area contributed by atoms with E-state index in [0.717, 1.165) is 77.0 Å². The van der Waals surface area contributed by atoms with Crippen LogP contribution < -0.4 is 0 Å². The van der Waals surface area contributed by atoms with Gasteiger partial charge in [-0.05, 0) is 89.9 Å². The Morgan fingerprint density at radius 2 is 0.797 bits per heavy atom. The Morgan fingerprint density at radius 3 is 1.37 bits per heavy atom. The van der Waals surface area contributed by atoms with Gasteiger partial charge in [0.1, 0.15) is 13.2 Å². The van der Waals surface area contributed by atoms with E-state index in [1.54, 1.807) is 6.08 Å². The van der Waals surface area contributed by atoms with E-state index < -0.39 is 12.1 Å². The average molecular weight is 819 g/mol. The number of hydrogen-bond acceptors (Lipinski definition) is 6. The van der Waals surface area contributed by atoms with Crippen LogP contribution in [0.4, 0.5) is 0 Å². The first-order valence-electron chi connectivity index (χ1n) is 23.8. The lowest BCUT2D eigenvalue weighted by Gasteiger charge is -2.18. The van der Waals surface area contributed by atoms with Crippen LogP contribution in [0.3, 0.4) is 0 Å². The van der Waals surface area contributed by atoms with Crippen LogP contribution >= 0.6 is 0 Å². The summed E-state index contributed by atoms with van der Waals surface area (Å²) in [5.41, 5.74) is 0. The molecule has 0 aliphatic heterocycles. The number of rotatable bonds is 41. The van der Waals surface area contributed by atoms with Crippen molar-refractivity contribution in [1.82, 2.24) is 0 Å². The SMILES string of the molecule is CC/C=C\C/C=C\C/C=C\CC(=O)OCC(COC(=O)CCC/C=C\C/C=C\C/C=C\CCCCCCCC)OC(=O)CCCCCCCC/C=C\C=C/CCCCC. The first-order valence-corrected chi connectivity index (χ1v) is 23.8. The van der Waals surface area contributed by atoms with Gasteiger partial charge in [-0.3, -0.25) is 14.4 Å². The van der Waals surface area contributed by atoms with Gasteiger partial charge in [-0.1, -0.05) is 189 Å². The highest BCUT2D eigenvalue weighted by molar-refractivity contribution is 5.72. The van der Waals surface area contributed by atoms with Gasteiger partial charge >= 0.3 is 17.9 Å². The van der Waals surface area contributed by atoms with Crippen LogP contribution in [-0.2, 0) is 28.6 Å². The molecule has 6 heteroatoms. The zero-order valence-electron chi connectivity index (χ0n) is 38.0. The maximum Gasteiger partial charge on any atom is 0.309 e. The number of carbonyl (C=O) groups is 3. The van der Waals surface area contributed by atoms with Crippen LogP contribution in [0.25, 0.3) is 0 Å². The van der Waals surface area contributed by atoms with Crippen molar-refractivity contribution >= 4 is 17.9 Å². The highest BCUT2D eigenvalue weighted by Crippen LogP contribution is 2.12. The largest absolute Gasteiger partial charge is 0.462 e. The highest BCUT2D eigenvalue weighted by atomic mass is 16.6. The molecule has 0 N–H and O–H groups in total. The molecule has 0 fully saturated rings. The second kappa shape index (κ2) is 47.0. The molecule has 0 saturated carbocycles. The Balaban J connectivity index is 4.52. The zero-order chi connectivity index (χ0) is 43.0. The molecule has 0 aromatic rings. The molecular weight excluding hydrogens is 733 g/mol. The lowest BCUT2D eigenvalue weighted by Crippen LogP contribution is -2.30. The normalized spacial score (nSPS) is 12.9. The van der Waals surface area contributed by atoms with Crippen LogP contribution in [0.2, 0.25) is 0 Å². The monoisotopic (exact) mass is 819 g/mol. The molecule has 334 valence electrons. The van der Waals surface area contributed by atoms with E-state index in [4.69, 9.17) is 14.2 Å². The maximum atomic E-state index is 12.7. The second-order valence-electron chi connectivity index (χ2n) is 15.3. The third-order valence-corrected chi connectivity index (χ3v) is 9.60. The average Bonchev–Trinajstić information content (AvgIpc) is 3.23. The summed E-state index contributed by atoms with van der Waals surface area (Å²) in [4.78, 5) is 37.7. The van der Waals surface area contributed by atoms with Gasteiger partial charge in [0.2, 0.25) is 0 Å². The quantitative estimate of drug-likeness (QED) is 0.0201. The third-order valence-electron chi connectivity index (χ3n) is 9.60. The van der Waals surface area contributed by atoms with E-state index in [2.05, 4.69) is 106 Å². The van der Waals surface area contributed by atoms with Crippen molar-refractivity contribution in [3.8, 4) is 0 Å². The molecule has 59 heavy (non-hydrogen) atoms. The summed E-state index contributed by atoms with van der Waals surface area (Å²) in [6.45, 7) is 6.31. The predicted octanol–water partition coefficient (Wildman–Crippen LogP) is 15.4. The van der Waals surface area contributed by atoms with Crippen molar-refractivity contribution < 1.29 is 28.6 Å². The summed E-state index contributed by atoms with van der Waals surface area (Å²) < 4.78 is 16.5. The molecule has 0 rings (SSSR count). The first-order chi connectivity index (χ1) is 29.0. The molecule has 0 aliphatic carbocycles. The van der Waals surface area contributed by atoms with Crippen molar-refractivity contribution in [3.63, 3.8) is 0 Å². The summed E-state index contributed by atoms with van der Waals surface area (Å²) in [5.74, 6) is -1.13. The molecule has 1 atom stereocenters. The van der Waals surface area contributed by atoms with Crippen molar-refractivity contribution in [2.75, 3.05) is 13.2 Å². The number of unbranched alkanes of at least 4 members (excludes halogenated alkanes) is 16. The number of ether oxygens (including phenoxy) is 3. The Hall–Kier alpha value is -3.67. The molecule has 0 aromatic heterocycles. The Morgan fingerprint density at radius 1 is 0.390 bits per heavy atom. The molecule has 0 spiro atoms. The van der Waals surface area contributed by atoms with Gasteiger partial charge in [-0.25, -0.2) is 0 Å². The summed E-state index contributed by atoms with van der Waals surface area (Å²) >= 11 is 0. The maximum absolute atomic E-state index is 12.7. The van der Waals surface area contributed by atoms with E-state index in [1.165, 1.54) is 77.0 Å². The summed E-state index contributed by atoms with van der Waals surface area (Å²) in [5, 5.41) is 0. The van der Waals surface area contributed by atoms with Gasteiger partial charge in [-0.15, -0.1) is 0 Å². The standard InChI is InChI=1S/C53H86O6/c1-4-7-10-13-16-19-21-23-25-26-28-29-31-34-37-40-43-46-52(55)58-49-50(48-57-51(54)45-42-39-36-33-18-15-12-9-6-3)59-53(56)47-44-41-38-35-32-30-27-24-22-20-17-14-11-8-5-2/h9,12,17-18,20,22-25,28-29,33-34,37,39,42,50H,4-8,10-11,13-16,19,21,26-27,30-32,35-36,38,40-41,43-49H2,1-3H3/b12-9-,20-17-,24-22-,25-23-,29-28-,33-18-,37-34-,42-39-. The highest BCUT2D eigenvalue weighted by Gasteiger charge is 2.19. The molecule has 0 aromatic carbocycles. The zero-order valence-corrected chi connectivity index (χ0v) is 38.0. The van der Waals surface area contributed by atoms with Gasteiger partial charge in [-0.2, -0.15) is 0 Å². The van der Waals surface area contributed by atoms with Crippen LogP contribution in [0.1, 0.15) is 201 Å². The Bertz CT molecular complexity index is 1220. The van der Waals surface area contributed by atoms with E-state index >= 15 is 0 Å². The molecule has 0 bridgehead atoms. The topological polar surface area (TPSA) is 78.9 Å². The minimum atomic E-state index is -0.838. The van der Waals surface area contributed by atoms with Crippen molar-refractivity contribution in [1.29, 1.82) is 0 Å². The third kappa shape index (κ3) is 45.3. The van der Waals surface area contributed by atoms with Gasteiger partial charge in [0, 0.05) is 12.8 Å². The Labute approximate surface area is 362 Å². The first kappa shape index (κ1) is 55.3. The molecule has 0 saturated heterocycles. The van der Waals surface area contributed by atoms with E-state index in [0.29, 0.717) is 6.42 Å². The molecule has 1 unspecified atom stereocenters. The van der Waals surface area contributed by atoms with Crippen LogP contribution in [-0.4, -0.2) is 37.2 Å². The Kier molecular flexibility index (Phi) is 44.1. The van der Waals surface area contributed by atoms with Crippen molar-refractivity contribution in [2.24, 2.45) is 0 Å². The number of allylic oxidation sites excluding steroid dienone is 15. The molecule has 0 heterocycles. The predicted molar refractivity (Wildman–Crippen MR) is 251 cm³/mol. The molecule has 0 aliphatic rings. The van der Waals surface area contributed by atoms with Crippen LogP contribution in [0.5, 0.6) is 0 Å². The summed E-state index contributed by atoms with van der Waals surface area (Å²) in [6, 6.07) is 0. The lowest BCUT2D eigenvalue weighted by molar-refractivity contribution is -0.166. The smallest absolute Gasteiger partial charge is 0.309 e. The number of carbonyl (C=O) groups excluding carboxylic acids is 3. The van der Waals surface area contributed by atoms with Gasteiger partial charge in [0.15, 0.2) is 6.10 Å². The minimum absolute atomic E-state index is 0.121. The molecule has 0 radical (unpaired) electrons. The lowest BCUT2D eigenvalue weighted by atomic mass is 10.1. The van der Waals surface area contributed by atoms with E-state index in [1.807, 2.05) is 6.08 Å². The fourth-order valence-corrected chi connectivity index (χ4v) is 6.04. The van der Waals surface area contributed by atoms with Crippen LogP contribution in [0, 0.1) is 0 Å². The summed E-state index contributed by atoms with van der Waals surface area (Å²) in [7, 11) is 0. The van der Waals surface area contributed by atoms with Crippen molar-refractivity contribution in [2.45, 2.75) is 207 Å². The van der Waals surface area contributed by atoms with Gasteiger partial charge < -0.3 is 14.2 Å². The van der Waals surface area contributed by atoms with Gasteiger partial charge in [0.05, 0.1) is 6.42 Å². The minimum Gasteiger partial charge on any atom is -0.462 e.